The quantitative estimate of drug-likeness (QED) is 0.824. The summed E-state index contributed by atoms with van der Waals surface area (Å²) >= 11 is 6.04. The lowest BCUT2D eigenvalue weighted by Crippen LogP contribution is -2.22. The molecule has 0 aliphatic carbocycles. The number of rotatable bonds is 7. The molecular weight excluding hydrogens is 300 g/mol. The Kier molecular flexibility index (Phi) is 5.81. The Hall–Kier alpha value is -2.04. The van der Waals surface area contributed by atoms with E-state index in [1.54, 1.807) is 12.1 Å². The molecule has 2 rings (SSSR count). The van der Waals surface area contributed by atoms with Gasteiger partial charge in [0, 0.05) is 23.2 Å². The Morgan fingerprint density at radius 2 is 2.00 bits per heavy atom. The number of nitrogens with two attached hydrogens (primary N) is 1. The van der Waals surface area contributed by atoms with Crippen LogP contribution >= 0.6 is 11.6 Å². The molecule has 0 bridgehead atoms. The Morgan fingerprint density at radius 3 is 2.68 bits per heavy atom. The maximum atomic E-state index is 10.9. The van der Waals surface area contributed by atoms with Gasteiger partial charge in [-0.25, -0.2) is 0 Å². The zero-order valence-corrected chi connectivity index (χ0v) is 13.1. The van der Waals surface area contributed by atoms with Crippen LogP contribution in [0.1, 0.15) is 24.1 Å². The monoisotopic (exact) mass is 318 g/mol. The number of nitrogens with one attached hydrogen (secondary N) is 1. The second-order valence-electron chi connectivity index (χ2n) is 5.02. The van der Waals surface area contributed by atoms with Gasteiger partial charge in [-0.2, -0.15) is 0 Å². The highest BCUT2D eigenvalue weighted by Crippen LogP contribution is 2.24. The molecule has 4 nitrogen and oxygen atoms in total. The Labute approximate surface area is 135 Å². The van der Waals surface area contributed by atoms with E-state index in [4.69, 9.17) is 22.1 Å². The van der Waals surface area contributed by atoms with Gasteiger partial charge in [0.2, 0.25) is 0 Å². The summed E-state index contributed by atoms with van der Waals surface area (Å²) in [6.07, 6.45) is 0. The number of amides is 1. The number of hydrogen-bond donors (Lipinski definition) is 2. The summed E-state index contributed by atoms with van der Waals surface area (Å²) in [4.78, 5) is 10.9. The number of primary amides is 1. The standard InChI is InChI=1S/C17H19ClN2O2/c1-12(13-5-3-2-4-6-13)20-10-14-9-15(18)7-8-16(14)22-11-17(19)21/h2-9,12,20H,10-11H2,1H3,(H2,19,21)/t12-/m1/s1. The number of carbonyl (C=O) groups is 1. The molecule has 0 saturated carbocycles. The van der Waals surface area contributed by atoms with Crippen molar-refractivity contribution in [2.45, 2.75) is 19.5 Å². The minimum absolute atomic E-state index is 0.150. The summed E-state index contributed by atoms with van der Waals surface area (Å²) in [5, 5.41) is 4.04. The Balaban J connectivity index is 2.04. The number of benzene rings is 2. The second kappa shape index (κ2) is 7.82. The van der Waals surface area contributed by atoms with Crippen molar-refractivity contribution in [3.8, 4) is 5.75 Å². The molecule has 1 amide bonds. The van der Waals surface area contributed by atoms with Gasteiger partial charge in [0.15, 0.2) is 6.61 Å². The predicted molar refractivity (Wildman–Crippen MR) is 87.8 cm³/mol. The molecule has 3 N–H and O–H groups in total. The van der Waals surface area contributed by atoms with E-state index in [9.17, 15) is 4.79 Å². The van der Waals surface area contributed by atoms with Crippen molar-refractivity contribution in [1.29, 1.82) is 0 Å². The number of hydrogen-bond acceptors (Lipinski definition) is 3. The lowest BCUT2D eigenvalue weighted by atomic mass is 10.1. The number of carbonyl (C=O) groups excluding carboxylic acids is 1. The molecule has 116 valence electrons. The maximum Gasteiger partial charge on any atom is 0.255 e. The predicted octanol–water partition coefficient (Wildman–Crippen LogP) is 3.05. The van der Waals surface area contributed by atoms with Crippen LogP contribution in [0.4, 0.5) is 0 Å². The minimum Gasteiger partial charge on any atom is -0.483 e. The van der Waals surface area contributed by atoms with Crippen LogP contribution in [0.25, 0.3) is 0 Å². The van der Waals surface area contributed by atoms with Crippen LogP contribution in [0.3, 0.4) is 0 Å². The molecule has 0 aliphatic rings. The Morgan fingerprint density at radius 1 is 1.27 bits per heavy atom. The lowest BCUT2D eigenvalue weighted by molar-refractivity contribution is -0.119. The van der Waals surface area contributed by atoms with E-state index < -0.39 is 5.91 Å². The SMILES string of the molecule is C[C@@H](NCc1cc(Cl)ccc1OCC(N)=O)c1ccccc1. The molecule has 22 heavy (non-hydrogen) atoms. The van der Waals surface area contributed by atoms with Crippen LogP contribution in [0.15, 0.2) is 48.5 Å². The van der Waals surface area contributed by atoms with Gasteiger partial charge in [-0.1, -0.05) is 41.9 Å². The first-order valence-corrected chi connectivity index (χ1v) is 7.42. The van der Waals surface area contributed by atoms with Crippen molar-refractivity contribution in [3.05, 3.63) is 64.7 Å². The van der Waals surface area contributed by atoms with Crippen molar-refractivity contribution in [3.63, 3.8) is 0 Å². The highest BCUT2D eigenvalue weighted by atomic mass is 35.5. The molecule has 2 aromatic carbocycles. The van der Waals surface area contributed by atoms with E-state index in [1.165, 1.54) is 5.56 Å². The van der Waals surface area contributed by atoms with Crippen LogP contribution < -0.4 is 15.8 Å². The van der Waals surface area contributed by atoms with Crippen LogP contribution in [0, 0.1) is 0 Å². The van der Waals surface area contributed by atoms with Gasteiger partial charge in [0.1, 0.15) is 5.75 Å². The third kappa shape index (κ3) is 4.76. The van der Waals surface area contributed by atoms with Gasteiger partial charge in [-0.3, -0.25) is 4.79 Å². The molecule has 5 heteroatoms. The fourth-order valence-corrected chi connectivity index (χ4v) is 2.29. The molecule has 0 heterocycles. The number of halogens is 1. The van der Waals surface area contributed by atoms with Gasteiger partial charge < -0.3 is 15.8 Å². The van der Waals surface area contributed by atoms with E-state index in [-0.39, 0.29) is 12.6 Å². The van der Waals surface area contributed by atoms with E-state index >= 15 is 0 Å². The summed E-state index contributed by atoms with van der Waals surface area (Å²) in [7, 11) is 0. The zero-order chi connectivity index (χ0) is 15.9. The van der Waals surface area contributed by atoms with Gasteiger partial charge in [0.05, 0.1) is 0 Å². The van der Waals surface area contributed by atoms with E-state index in [1.807, 2.05) is 24.3 Å². The molecule has 0 aromatic heterocycles. The minimum atomic E-state index is -0.508. The lowest BCUT2D eigenvalue weighted by Gasteiger charge is -2.16. The fraction of sp³-hybridized carbons (Fsp3) is 0.235. The van der Waals surface area contributed by atoms with Gasteiger partial charge in [-0.05, 0) is 30.7 Å². The molecule has 0 radical (unpaired) electrons. The van der Waals surface area contributed by atoms with Crippen molar-refractivity contribution >= 4 is 17.5 Å². The maximum absolute atomic E-state index is 10.9. The normalized spacial score (nSPS) is 11.9. The molecule has 0 aliphatic heterocycles. The molecular formula is C17H19ClN2O2. The molecule has 0 saturated heterocycles. The fourth-order valence-electron chi connectivity index (χ4n) is 2.10. The van der Waals surface area contributed by atoms with Crippen molar-refractivity contribution < 1.29 is 9.53 Å². The summed E-state index contributed by atoms with van der Waals surface area (Å²) in [6.45, 7) is 2.51. The first kappa shape index (κ1) is 16.3. The van der Waals surface area contributed by atoms with Crippen LogP contribution in [0.2, 0.25) is 5.02 Å². The zero-order valence-electron chi connectivity index (χ0n) is 12.4. The van der Waals surface area contributed by atoms with Gasteiger partial charge in [-0.15, -0.1) is 0 Å². The highest BCUT2D eigenvalue weighted by Gasteiger charge is 2.09. The van der Waals surface area contributed by atoms with Crippen LogP contribution in [-0.4, -0.2) is 12.5 Å². The number of ether oxygens (including phenoxy) is 1. The third-order valence-electron chi connectivity index (χ3n) is 3.29. The molecule has 0 spiro atoms. The average molecular weight is 319 g/mol. The average Bonchev–Trinajstić information content (AvgIpc) is 2.52. The van der Waals surface area contributed by atoms with Gasteiger partial charge >= 0.3 is 0 Å². The molecule has 0 unspecified atom stereocenters. The van der Waals surface area contributed by atoms with Gasteiger partial charge in [0.25, 0.3) is 5.91 Å². The van der Waals surface area contributed by atoms with Crippen LogP contribution in [0.5, 0.6) is 5.75 Å². The Bertz CT molecular complexity index is 632. The molecule has 2 aromatic rings. The van der Waals surface area contributed by atoms with E-state index in [0.717, 1.165) is 5.56 Å². The van der Waals surface area contributed by atoms with Crippen molar-refractivity contribution in [1.82, 2.24) is 5.32 Å². The smallest absolute Gasteiger partial charge is 0.255 e. The third-order valence-corrected chi connectivity index (χ3v) is 3.53. The van der Waals surface area contributed by atoms with E-state index in [2.05, 4.69) is 24.4 Å². The van der Waals surface area contributed by atoms with Crippen LogP contribution in [-0.2, 0) is 11.3 Å². The summed E-state index contributed by atoms with van der Waals surface area (Å²) in [6, 6.07) is 15.6. The summed E-state index contributed by atoms with van der Waals surface area (Å²) in [5.41, 5.74) is 7.20. The summed E-state index contributed by atoms with van der Waals surface area (Å²) in [5.74, 6) is 0.0995. The molecule has 0 fully saturated rings. The second-order valence-corrected chi connectivity index (χ2v) is 5.46. The first-order chi connectivity index (χ1) is 10.6. The van der Waals surface area contributed by atoms with Crippen molar-refractivity contribution in [2.75, 3.05) is 6.61 Å². The first-order valence-electron chi connectivity index (χ1n) is 7.04. The largest absolute Gasteiger partial charge is 0.483 e. The van der Waals surface area contributed by atoms with E-state index in [0.29, 0.717) is 17.3 Å². The van der Waals surface area contributed by atoms with Crippen molar-refractivity contribution in [2.24, 2.45) is 5.73 Å². The topological polar surface area (TPSA) is 64.3 Å². The highest BCUT2D eigenvalue weighted by molar-refractivity contribution is 6.30. The summed E-state index contributed by atoms with van der Waals surface area (Å²) < 4.78 is 5.42. The molecule has 1 atom stereocenters.